The second-order valence-corrected chi connectivity index (χ2v) is 9.38. The Bertz CT molecular complexity index is 1130. The van der Waals surface area contributed by atoms with Crippen molar-refractivity contribution in [2.75, 3.05) is 26.8 Å². The van der Waals surface area contributed by atoms with Crippen LogP contribution >= 0.6 is 11.8 Å². The third kappa shape index (κ3) is 9.09. The van der Waals surface area contributed by atoms with Gasteiger partial charge in [-0.05, 0) is 49.6 Å². The number of nitrogens with zero attached hydrogens (tertiary/aromatic N) is 2. The summed E-state index contributed by atoms with van der Waals surface area (Å²) < 4.78 is 16.3. The summed E-state index contributed by atoms with van der Waals surface area (Å²) >= 11 is 0.961. The summed E-state index contributed by atoms with van der Waals surface area (Å²) in [6, 6.07) is 17.2. The van der Waals surface area contributed by atoms with Crippen LogP contribution in [-0.2, 0) is 32.0 Å². The lowest BCUT2D eigenvalue weighted by atomic mass is 10.1. The zero-order valence-corrected chi connectivity index (χ0v) is 21.9. The first-order valence-electron chi connectivity index (χ1n) is 12.2. The lowest BCUT2D eigenvalue weighted by Gasteiger charge is -2.22. The van der Waals surface area contributed by atoms with Crippen molar-refractivity contribution in [2.24, 2.45) is 0 Å². The molecule has 0 radical (unpaired) electrons. The molecule has 1 unspecified atom stereocenters. The maximum atomic E-state index is 12.9. The molecular weight excluding hydrogens is 492 g/mol. The summed E-state index contributed by atoms with van der Waals surface area (Å²) in [5.41, 5.74) is 3.36. The van der Waals surface area contributed by atoms with E-state index >= 15 is 0 Å². The van der Waals surface area contributed by atoms with Gasteiger partial charge >= 0.3 is 5.97 Å². The Labute approximate surface area is 221 Å². The molecule has 0 N–H and O–H groups in total. The molecule has 1 heterocycles. The Hall–Kier alpha value is -3.59. The van der Waals surface area contributed by atoms with Crippen molar-refractivity contribution in [3.8, 4) is 17.2 Å². The monoisotopic (exact) mass is 524 g/mol. The van der Waals surface area contributed by atoms with Gasteiger partial charge in [0.1, 0.15) is 12.0 Å². The van der Waals surface area contributed by atoms with Gasteiger partial charge in [0.25, 0.3) is 0 Å². The van der Waals surface area contributed by atoms with Crippen molar-refractivity contribution < 1.29 is 28.3 Å². The van der Waals surface area contributed by atoms with Gasteiger partial charge in [0.05, 0.1) is 24.2 Å². The number of carbonyl (C=O) groups is 3. The number of esters is 1. The molecule has 0 saturated carbocycles. The molecule has 1 aromatic heterocycles. The summed E-state index contributed by atoms with van der Waals surface area (Å²) in [7, 11) is 1.68. The first-order valence-corrected chi connectivity index (χ1v) is 13.2. The molecule has 2 aromatic carbocycles. The number of amides is 1. The van der Waals surface area contributed by atoms with Gasteiger partial charge in [-0.3, -0.25) is 14.4 Å². The van der Waals surface area contributed by atoms with E-state index in [-0.39, 0.29) is 18.3 Å². The van der Waals surface area contributed by atoms with Crippen molar-refractivity contribution in [3.63, 3.8) is 0 Å². The number of oxazole rings is 1. The molecule has 0 aliphatic heterocycles. The Kier molecular flexibility index (Phi) is 11.2. The SMILES string of the molecule is CCOC(=O)CCCN(C)C(=O)C(Cc1ccc(OCCc2coc(-c3ccccc3)n2)cc1)SC=O. The van der Waals surface area contributed by atoms with Gasteiger partial charge in [-0.15, -0.1) is 0 Å². The van der Waals surface area contributed by atoms with E-state index in [0.717, 1.165) is 28.6 Å². The van der Waals surface area contributed by atoms with Gasteiger partial charge in [0.15, 0.2) is 5.62 Å². The summed E-state index contributed by atoms with van der Waals surface area (Å²) in [6.07, 6.45) is 3.42. The standard InChI is InChI=1S/C28H32N2O6S/c1-3-34-26(32)10-7-16-30(2)28(33)25(37-20-31)18-21-11-13-24(14-12-21)35-17-15-23-19-36-27(29-23)22-8-5-4-6-9-22/h4-6,8-9,11-14,19-20,25H,3,7,10,15-18H2,1-2H3. The fraction of sp³-hybridized carbons (Fsp3) is 0.357. The minimum atomic E-state index is -0.539. The third-order valence-corrected chi connectivity index (χ3v) is 6.40. The van der Waals surface area contributed by atoms with Gasteiger partial charge in [-0.2, -0.15) is 0 Å². The maximum Gasteiger partial charge on any atom is 0.305 e. The van der Waals surface area contributed by atoms with Gasteiger partial charge in [-0.25, -0.2) is 4.98 Å². The highest BCUT2D eigenvalue weighted by Gasteiger charge is 2.23. The minimum absolute atomic E-state index is 0.149. The molecule has 0 fully saturated rings. The topological polar surface area (TPSA) is 98.9 Å². The summed E-state index contributed by atoms with van der Waals surface area (Å²) in [6.45, 7) is 2.96. The molecule has 9 heteroatoms. The van der Waals surface area contributed by atoms with Crippen molar-refractivity contribution in [1.29, 1.82) is 0 Å². The van der Waals surface area contributed by atoms with Crippen molar-refractivity contribution >= 4 is 29.3 Å². The molecule has 3 aromatic rings. The zero-order chi connectivity index (χ0) is 26.5. The normalized spacial score (nSPS) is 11.5. The van der Waals surface area contributed by atoms with Crippen LogP contribution in [0.3, 0.4) is 0 Å². The van der Waals surface area contributed by atoms with E-state index in [2.05, 4.69) is 4.98 Å². The quantitative estimate of drug-likeness (QED) is 0.210. The lowest BCUT2D eigenvalue weighted by molar-refractivity contribution is -0.143. The maximum absolute atomic E-state index is 12.9. The third-order valence-electron chi connectivity index (χ3n) is 5.60. The molecule has 196 valence electrons. The number of carbonyl (C=O) groups excluding carboxylic acids is 3. The van der Waals surface area contributed by atoms with Crippen molar-refractivity contribution in [2.45, 2.75) is 37.9 Å². The van der Waals surface area contributed by atoms with Crippen LogP contribution in [0.15, 0.2) is 65.3 Å². The highest BCUT2D eigenvalue weighted by Crippen LogP contribution is 2.21. The van der Waals surface area contributed by atoms with Crippen LogP contribution < -0.4 is 4.74 Å². The molecule has 0 bridgehead atoms. The second kappa shape index (κ2) is 14.8. The van der Waals surface area contributed by atoms with E-state index < -0.39 is 5.25 Å². The molecule has 37 heavy (non-hydrogen) atoms. The molecule has 0 aliphatic carbocycles. The first-order chi connectivity index (χ1) is 18.0. The Balaban J connectivity index is 1.46. The van der Waals surface area contributed by atoms with Crippen LogP contribution in [0.4, 0.5) is 0 Å². The predicted octanol–water partition coefficient (Wildman–Crippen LogP) is 4.60. The molecule has 1 atom stereocenters. The minimum Gasteiger partial charge on any atom is -0.493 e. The van der Waals surface area contributed by atoms with Crippen LogP contribution in [0.2, 0.25) is 0 Å². The Morgan fingerprint density at radius 2 is 1.89 bits per heavy atom. The zero-order valence-electron chi connectivity index (χ0n) is 21.1. The van der Waals surface area contributed by atoms with Crippen LogP contribution in [-0.4, -0.2) is 59.4 Å². The highest BCUT2D eigenvalue weighted by molar-refractivity contribution is 8.13. The van der Waals surface area contributed by atoms with E-state index in [0.29, 0.717) is 56.3 Å². The summed E-state index contributed by atoms with van der Waals surface area (Å²) in [5, 5.41) is -0.539. The van der Waals surface area contributed by atoms with Crippen molar-refractivity contribution in [3.05, 3.63) is 72.1 Å². The Morgan fingerprint density at radius 1 is 1.14 bits per heavy atom. The number of ether oxygens (including phenoxy) is 2. The fourth-order valence-electron chi connectivity index (χ4n) is 3.65. The molecule has 0 saturated heterocycles. The lowest BCUT2D eigenvalue weighted by Crippen LogP contribution is -2.36. The van der Waals surface area contributed by atoms with Gasteiger partial charge in [0.2, 0.25) is 11.8 Å². The van der Waals surface area contributed by atoms with E-state index in [1.807, 2.05) is 54.6 Å². The van der Waals surface area contributed by atoms with E-state index in [9.17, 15) is 14.4 Å². The number of rotatable bonds is 15. The number of hydrogen-bond donors (Lipinski definition) is 0. The summed E-state index contributed by atoms with van der Waals surface area (Å²) in [5.74, 6) is 0.866. The van der Waals surface area contributed by atoms with Gasteiger partial charge in [0, 0.05) is 32.0 Å². The Morgan fingerprint density at radius 3 is 2.59 bits per heavy atom. The average molecular weight is 525 g/mol. The average Bonchev–Trinajstić information content (AvgIpc) is 3.38. The smallest absolute Gasteiger partial charge is 0.305 e. The van der Waals surface area contributed by atoms with Gasteiger partial charge < -0.3 is 18.8 Å². The number of benzene rings is 2. The van der Waals surface area contributed by atoms with Crippen LogP contribution in [0, 0.1) is 0 Å². The van der Waals surface area contributed by atoms with Crippen LogP contribution in [0.5, 0.6) is 5.75 Å². The first kappa shape index (κ1) is 28.0. The highest BCUT2D eigenvalue weighted by atomic mass is 32.2. The van der Waals surface area contributed by atoms with Crippen LogP contribution in [0.1, 0.15) is 31.0 Å². The number of hydrogen-bond acceptors (Lipinski definition) is 8. The van der Waals surface area contributed by atoms with Gasteiger partial charge in [-0.1, -0.05) is 42.1 Å². The molecule has 0 aliphatic rings. The van der Waals surface area contributed by atoms with E-state index in [1.165, 1.54) is 0 Å². The fourth-order valence-corrected chi connectivity index (χ4v) is 4.37. The van der Waals surface area contributed by atoms with Crippen molar-refractivity contribution in [1.82, 2.24) is 9.88 Å². The second-order valence-electron chi connectivity index (χ2n) is 8.35. The van der Waals surface area contributed by atoms with E-state index in [1.54, 1.807) is 25.1 Å². The largest absolute Gasteiger partial charge is 0.493 e. The van der Waals surface area contributed by atoms with E-state index in [4.69, 9.17) is 13.9 Å². The molecule has 3 rings (SSSR count). The summed E-state index contributed by atoms with van der Waals surface area (Å²) in [4.78, 5) is 41.6. The number of aromatic nitrogens is 1. The molecule has 8 nitrogen and oxygen atoms in total. The van der Waals surface area contributed by atoms with Crippen LogP contribution in [0.25, 0.3) is 11.5 Å². The molecule has 0 spiro atoms. The molecular formula is C28H32N2O6S. The molecule has 1 amide bonds. The number of thioether (sulfide) groups is 1. The predicted molar refractivity (Wildman–Crippen MR) is 143 cm³/mol.